The van der Waals surface area contributed by atoms with Crippen molar-refractivity contribution in [2.45, 2.75) is 18.7 Å². The number of aromatic nitrogens is 3. The number of nitrogens with zero attached hydrogens (tertiary/aromatic N) is 4. The maximum absolute atomic E-state index is 13.2. The Balaban J connectivity index is 1.55. The Morgan fingerprint density at radius 1 is 1.24 bits per heavy atom. The Morgan fingerprint density at radius 3 is 2.76 bits per heavy atom. The second-order valence-corrected chi connectivity index (χ2v) is 10.9. The number of alkyl halides is 2. The highest BCUT2D eigenvalue weighted by Crippen LogP contribution is 2.27. The Hall–Kier alpha value is -3.27. The lowest BCUT2D eigenvalue weighted by Gasteiger charge is -2.31. The fourth-order valence-corrected chi connectivity index (χ4v) is 5.02. The summed E-state index contributed by atoms with van der Waals surface area (Å²) >= 11 is 1.13. The molecule has 0 aliphatic carbocycles. The molecule has 1 aromatic carbocycles. The number of morpholine rings is 1. The molecule has 1 aliphatic rings. The van der Waals surface area contributed by atoms with E-state index in [0.717, 1.165) is 11.3 Å². The van der Waals surface area contributed by atoms with E-state index in [1.54, 1.807) is 12.3 Å². The van der Waals surface area contributed by atoms with E-state index in [1.807, 2.05) is 11.6 Å². The molecule has 1 amide bonds. The minimum atomic E-state index is -4.84. The van der Waals surface area contributed by atoms with Gasteiger partial charge in [-0.25, -0.2) is 18.4 Å². The molecule has 2 aromatic heterocycles. The predicted octanol–water partition coefficient (Wildman–Crippen LogP) is 2.77. The SMILES string of the molecule is CCOc1cncc(-c2cnc(C(=O)N[C@@H](CN3CCOCC3)c3cccc(NS(=O)(=O)C(F)F)c3)s2)n1. The van der Waals surface area contributed by atoms with Gasteiger partial charge in [-0.15, -0.1) is 11.3 Å². The van der Waals surface area contributed by atoms with Gasteiger partial charge in [0.05, 0.1) is 43.1 Å². The molecule has 1 aliphatic heterocycles. The number of halogens is 2. The molecule has 1 atom stereocenters. The molecule has 0 unspecified atom stereocenters. The van der Waals surface area contributed by atoms with Gasteiger partial charge in [-0.2, -0.15) is 8.78 Å². The van der Waals surface area contributed by atoms with E-state index >= 15 is 0 Å². The summed E-state index contributed by atoms with van der Waals surface area (Å²) < 4.78 is 61.7. The van der Waals surface area contributed by atoms with Gasteiger partial charge in [0.25, 0.3) is 15.9 Å². The number of rotatable bonds is 11. The first kappa shape index (κ1) is 27.8. The number of anilines is 1. The van der Waals surface area contributed by atoms with Crippen LogP contribution in [0.5, 0.6) is 5.88 Å². The number of benzene rings is 1. The summed E-state index contributed by atoms with van der Waals surface area (Å²) in [7, 11) is -4.84. The molecule has 38 heavy (non-hydrogen) atoms. The highest BCUT2D eigenvalue weighted by molar-refractivity contribution is 7.93. The summed E-state index contributed by atoms with van der Waals surface area (Å²) in [5.74, 6) is -3.67. The maximum atomic E-state index is 13.2. The van der Waals surface area contributed by atoms with Crippen molar-refractivity contribution < 1.29 is 31.5 Å². The molecule has 11 nitrogen and oxygen atoms in total. The van der Waals surface area contributed by atoms with Crippen molar-refractivity contribution >= 4 is 33.0 Å². The lowest BCUT2D eigenvalue weighted by molar-refractivity contribution is 0.0332. The van der Waals surface area contributed by atoms with Gasteiger partial charge in [-0.1, -0.05) is 12.1 Å². The van der Waals surface area contributed by atoms with E-state index in [4.69, 9.17) is 9.47 Å². The standard InChI is InChI=1S/C23H26F2N6O5S2/c1-2-36-20-13-26-11-17(28-20)19-12-27-22(37-19)21(32)29-18(14-31-6-8-35-9-7-31)15-4-3-5-16(10-15)30-38(33,34)23(24)25/h3-5,10-13,18,23,30H,2,6-9,14H2,1H3,(H,29,32)/t18-/m0/s1. The van der Waals surface area contributed by atoms with Crippen LogP contribution < -0.4 is 14.8 Å². The van der Waals surface area contributed by atoms with Crippen LogP contribution in [-0.2, 0) is 14.8 Å². The Bertz CT molecular complexity index is 1350. The average molecular weight is 569 g/mol. The first-order chi connectivity index (χ1) is 18.2. The number of thiazole rings is 1. The third-order valence-corrected chi connectivity index (χ3v) is 7.50. The number of amides is 1. The third kappa shape index (κ3) is 7.18. The van der Waals surface area contributed by atoms with E-state index in [2.05, 4.69) is 25.2 Å². The Kier molecular flexibility index (Phi) is 9.14. The first-order valence-electron chi connectivity index (χ1n) is 11.7. The van der Waals surface area contributed by atoms with E-state index in [9.17, 15) is 22.0 Å². The van der Waals surface area contributed by atoms with Crippen LogP contribution in [0.4, 0.5) is 14.5 Å². The van der Waals surface area contributed by atoms with Gasteiger partial charge < -0.3 is 14.8 Å². The molecule has 15 heteroatoms. The fraction of sp³-hybridized carbons (Fsp3) is 0.391. The van der Waals surface area contributed by atoms with Crippen LogP contribution in [0.1, 0.15) is 28.3 Å². The summed E-state index contributed by atoms with van der Waals surface area (Å²) in [4.78, 5) is 28.6. The summed E-state index contributed by atoms with van der Waals surface area (Å²) in [5.41, 5.74) is 1.01. The van der Waals surface area contributed by atoms with E-state index < -0.39 is 27.7 Å². The number of hydrogen-bond donors (Lipinski definition) is 2. The van der Waals surface area contributed by atoms with Crippen molar-refractivity contribution in [1.82, 2.24) is 25.2 Å². The lowest BCUT2D eigenvalue weighted by Crippen LogP contribution is -2.43. The van der Waals surface area contributed by atoms with Crippen LogP contribution in [0.15, 0.2) is 42.9 Å². The summed E-state index contributed by atoms with van der Waals surface area (Å²) in [6.45, 7) is 5.00. The number of carbonyl (C=O) groups is 1. The van der Waals surface area contributed by atoms with Crippen molar-refractivity contribution in [2.75, 3.05) is 44.2 Å². The number of ether oxygens (including phenoxy) is 2. The van der Waals surface area contributed by atoms with Crippen molar-refractivity contribution in [2.24, 2.45) is 0 Å². The van der Waals surface area contributed by atoms with Crippen LogP contribution in [-0.4, -0.2) is 79.4 Å². The molecular weight excluding hydrogens is 542 g/mol. The van der Waals surface area contributed by atoms with Gasteiger partial charge in [0, 0.05) is 31.5 Å². The summed E-state index contributed by atoms with van der Waals surface area (Å²) in [6, 6.07) is 5.41. The van der Waals surface area contributed by atoms with Gasteiger partial charge in [0.1, 0.15) is 5.69 Å². The topological polar surface area (TPSA) is 136 Å². The minimum absolute atomic E-state index is 0.0340. The zero-order valence-corrected chi connectivity index (χ0v) is 22.0. The van der Waals surface area contributed by atoms with Crippen molar-refractivity contribution in [3.8, 4) is 16.5 Å². The second kappa shape index (κ2) is 12.5. The lowest BCUT2D eigenvalue weighted by atomic mass is 10.1. The quantitative estimate of drug-likeness (QED) is 0.358. The molecule has 1 fully saturated rings. The monoisotopic (exact) mass is 568 g/mol. The minimum Gasteiger partial charge on any atom is -0.477 e. The van der Waals surface area contributed by atoms with Crippen molar-refractivity contribution in [3.63, 3.8) is 0 Å². The first-order valence-corrected chi connectivity index (χ1v) is 14.0. The largest absolute Gasteiger partial charge is 0.477 e. The third-order valence-electron chi connectivity index (χ3n) is 5.49. The molecule has 2 N–H and O–H groups in total. The molecule has 0 radical (unpaired) electrons. The zero-order chi connectivity index (χ0) is 27.1. The van der Waals surface area contributed by atoms with Gasteiger partial charge in [-0.05, 0) is 24.6 Å². The van der Waals surface area contributed by atoms with Crippen LogP contribution in [0.3, 0.4) is 0 Å². The number of hydrogen-bond acceptors (Lipinski definition) is 10. The highest BCUT2D eigenvalue weighted by atomic mass is 32.2. The summed E-state index contributed by atoms with van der Waals surface area (Å²) in [6.07, 6.45) is 4.56. The van der Waals surface area contributed by atoms with Gasteiger partial charge in [0.15, 0.2) is 5.01 Å². The zero-order valence-electron chi connectivity index (χ0n) is 20.3. The van der Waals surface area contributed by atoms with Crippen LogP contribution in [0.2, 0.25) is 0 Å². The van der Waals surface area contributed by atoms with Crippen LogP contribution >= 0.6 is 11.3 Å². The number of nitrogens with one attached hydrogen (secondary N) is 2. The van der Waals surface area contributed by atoms with Crippen molar-refractivity contribution in [1.29, 1.82) is 0 Å². The number of carbonyl (C=O) groups excluding carboxylic acids is 1. The Labute approximate surface area is 222 Å². The van der Waals surface area contributed by atoms with E-state index in [-0.39, 0.29) is 10.7 Å². The normalized spacial score (nSPS) is 15.3. The average Bonchev–Trinajstić information content (AvgIpc) is 3.40. The molecular formula is C23H26F2N6O5S2. The number of sulfonamides is 1. The predicted molar refractivity (Wildman–Crippen MR) is 137 cm³/mol. The molecule has 0 saturated carbocycles. The van der Waals surface area contributed by atoms with Gasteiger partial charge in [0.2, 0.25) is 5.88 Å². The molecule has 3 heterocycles. The van der Waals surface area contributed by atoms with E-state index in [0.29, 0.717) is 61.5 Å². The van der Waals surface area contributed by atoms with Crippen molar-refractivity contribution in [3.05, 3.63) is 53.4 Å². The van der Waals surface area contributed by atoms with Gasteiger partial charge >= 0.3 is 5.76 Å². The van der Waals surface area contributed by atoms with E-state index in [1.165, 1.54) is 30.6 Å². The van der Waals surface area contributed by atoms with Gasteiger partial charge in [-0.3, -0.25) is 19.4 Å². The fourth-order valence-electron chi connectivity index (χ4n) is 3.71. The molecule has 3 aromatic rings. The smallest absolute Gasteiger partial charge is 0.355 e. The second-order valence-electron chi connectivity index (χ2n) is 8.18. The molecule has 0 bridgehead atoms. The van der Waals surface area contributed by atoms with Crippen LogP contribution in [0.25, 0.3) is 10.6 Å². The van der Waals surface area contributed by atoms with Crippen LogP contribution in [0, 0.1) is 0 Å². The Morgan fingerprint density at radius 2 is 2.03 bits per heavy atom. The maximum Gasteiger partial charge on any atom is 0.355 e. The molecule has 0 spiro atoms. The molecule has 204 valence electrons. The molecule has 1 saturated heterocycles. The summed E-state index contributed by atoms with van der Waals surface area (Å²) in [5, 5.41) is 3.13. The molecule has 4 rings (SSSR count). The highest BCUT2D eigenvalue weighted by Gasteiger charge is 2.26.